The van der Waals surface area contributed by atoms with E-state index < -0.39 is 0 Å². The molecule has 1 amide bonds. The van der Waals surface area contributed by atoms with Crippen molar-refractivity contribution in [3.8, 4) is 0 Å². The fraction of sp³-hybridized carbons (Fsp3) is 0.526. The van der Waals surface area contributed by atoms with Gasteiger partial charge in [-0.15, -0.1) is 10.2 Å². The van der Waals surface area contributed by atoms with Crippen molar-refractivity contribution in [2.75, 3.05) is 25.9 Å². The first-order valence-corrected chi connectivity index (χ1v) is 10.7. The second-order valence-corrected chi connectivity index (χ2v) is 7.87. The number of carbonyl (C=O) groups excluding carboxylic acids is 1. The van der Waals surface area contributed by atoms with Crippen LogP contribution in [0.4, 0.5) is 0 Å². The number of likely N-dealkylation sites (tertiary alicyclic amines) is 1. The molecule has 2 aromatic rings. The fourth-order valence-corrected chi connectivity index (χ4v) is 4.38. The summed E-state index contributed by atoms with van der Waals surface area (Å²) in [6, 6.07) is 8.05. The molecule has 0 unspecified atom stereocenters. The zero-order valence-electron chi connectivity index (χ0n) is 15.1. The summed E-state index contributed by atoms with van der Waals surface area (Å²) in [6.07, 6.45) is 4.01. The number of nitrogens with one attached hydrogen (secondary N) is 1. The van der Waals surface area contributed by atoms with Gasteiger partial charge in [0.15, 0.2) is 0 Å². The molecule has 0 bridgehead atoms. The van der Waals surface area contributed by atoms with Crippen LogP contribution in [0.1, 0.15) is 46.3 Å². The molecule has 0 atom stereocenters. The number of benzene rings is 1. The number of piperidine rings is 1. The maximum absolute atomic E-state index is 12.8. The molecule has 1 fully saturated rings. The highest BCUT2D eigenvalue weighted by Gasteiger charge is 2.29. The highest BCUT2D eigenvalue weighted by molar-refractivity contribution is 7.97. The average Bonchev–Trinajstić information content (AvgIpc) is 3.13. The normalized spacial score (nSPS) is 18.0. The molecule has 1 aromatic carbocycles. The van der Waals surface area contributed by atoms with Gasteiger partial charge in [-0.2, -0.15) is 11.8 Å². The third-order valence-electron chi connectivity index (χ3n) is 5.31. The Hall–Kier alpha value is -1.86. The molecular weight excluding hydrogens is 346 g/mol. The van der Waals surface area contributed by atoms with E-state index in [0.29, 0.717) is 5.92 Å². The summed E-state index contributed by atoms with van der Waals surface area (Å²) in [4.78, 5) is 14.8. The van der Waals surface area contributed by atoms with Crippen LogP contribution >= 0.6 is 11.8 Å². The minimum atomic E-state index is 0.145. The Labute approximate surface area is 158 Å². The predicted molar refractivity (Wildman–Crippen MR) is 103 cm³/mol. The van der Waals surface area contributed by atoms with Crippen LogP contribution in [-0.2, 0) is 18.8 Å². The molecule has 6 nitrogen and oxygen atoms in total. The molecule has 1 N–H and O–H groups in total. The van der Waals surface area contributed by atoms with Crippen LogP contribution in [0.5, 0.6) is 0 Å². The van der Waals surface area contributed by atoms with Crippen LogP contribution in [0.15, 0.2) is 24.3 Å². The number of hydrogen-bond donors (Lipinski definition) is 1. The Bertz CT molecular complexity index is 765. The summed E-state index contributed by atoms with van der Waals surface area (Å²) < 4.78 is 2.27. The summed E-state index contributed by atoms with van der Waals surface area (Å²) in [6.45, 7) is 4.30. The number of amides is 1. The third-order valence-corrected chi connectivity index (χ3v) is 5.93. The maximum Gasteiger partial charge on any atom is 0.253 e. The molecule has 2 aliphatic heterocycles. The lowest BCUT2D eigenvalue weighted by atomic mass is 9.95. The fourth-order valence-electron chi connectivity index (χ4n) is 3.85. The number of carbonyl (C=O) groups is 1. The molecule has 0 radical (unpaired) electrons. The Balaban J connectivity index is 1.38. The molecule has 1 aromatic heterocycles. The van der Waals surface area contributed by atoms with Crippen molar-refractivity contribution < 1.29 is 4.79 Å². The van der Waals surface area contributed by atoms with Crippen molar-refractivity contribution in [1.29, 1.82) is 0 Å². The minimum absolute atomic E-state index is 0.145. The van der Waals surface area contributed by atoms with Crippen LogP contribution < -0.4 is 5.32 Å². The van der Waals surface area contributed by atoms with Crippen molar-refractivity contribution in [2.45, 2.75) is 37.6 Å². The van der Waals surface area contributed by atoms with Gasteiger partial charge in [-0.1, -0.05) is 12.1 Å². The number of fused-ring (bicyclic) bond motifs is 1. The predicted octanol–water partition coefficient (Wildman–Crippen LogP) is 2.26. The first-order chi connectivity index (χ1) is 12.8. The van der Waals surface area contributed by atoms with E-state index in [1.165, 1.54) is 5.56 Å². The second kappa shape index (κ2) is 7.80. The summed E-state index contributed by atoms with van der Waals surface area (Å²) in [5.41, 5.74) is 2.05. The third kappa shape index (κ3) is 3.50. The van der Waals surface area contributed by atoms with E-state index in [0.717, 1.165) is 68.5 Å². The van der Waals surface area contributed by atoms with Crippen LogP contribution in [0.3, 0.4) is 0 Å². The van der Waals surface area contributed by atoms with Gasteiger partial charge >= 0.3 is 0 Å². The molecule has 0 saturated carbocycles. The summed E-state index contributed by atoms with van der Waals surface area (Å²) >= 11 is 1.79. The van der Waals surface area contributed by atoms with E-state index in [1.54, 1.807) is 11.8 Å². The zero-order valence-corrected chi connectivity index (χ0v) is 16.0. The van der Waals surface area contributed by atoms with E-state index in [9.17, 15) is 4.79 Å². The van der Waals surface area contributed by atoms with E-state index in [4.69, 9.17) is 0 Å². The van der Waals surface area contributed by atoms with Gasteiger partial charge in [0.05, 0.1) is 6.54 Å². The lowest BCUT2D eigenvalue weighted by Gasteiger charge is -2.32. The molecular formula is C19H25N5OS. The van der Waals surface area contributed by atoms with Crippen LogP contribution in [0.2, 0.25) is 0 Å². The van der Waals surface area contributed by atoms with Gasteiger partial charge in [0.2, 0.25) is 0 Å². The number of nitrogens with zero attached hydrogens (tertiary/aromatic N) is 4. The van der Waals surface area contributed by atoms with Crippen molar-refractivity contribution in [3.63, 3.8) is 0 Å². The van der Waals surface area contributed by atoms with E-state index >= 15 is 0 Å². The number of thioether (sulfide) groups is 1. The van der Waals surface area contributed by atoms with Gasteiger partial charge in [0, 0.05) is 43.4 Å². The van der Waals surface area contributed by atoms with E-state index in [-0.39, 0.29) is 5.91 Å². The first kappa shape index (κ1) is 17.5. The largest absolute Gasteiger partial charge is 0.339 e. The van der Waals surface area contributed by atoms with Gasteiger partial charge in [-0.25, -0.2) is 0 Å². The Kier molecular flexibility index (Phi) is 5.26. The highest BCUT2D eigenvalue weighted by Crippen LogP contribution is 2.28. The van der Waals surface area contributed by atoms with Crippen molar-refractivity contribution in [2.24, 2.45) is 0 Å². The molecule has 2 aliphatic rings. The van der Waals surface area contributed by atoms with Gasteiger partial charge in [-0.3, -0.25) is 4.79 Å². The second-order valence-electron chi connectivity index (χ2n) is 7.00. The van der Waals surface area contributed by atoms with Crippen LogP contribution in [0, 0.1) is 0 Å². The average molecular weight is 372 g/mol. The number of rotatable bonds is 4. The summed E-state index contributed by atoms with van der Waals surface area (Å²) in [5, 5.41) is 12.1. The van der Waals surface area contributed by atoms with Gasteiger partial charge in [0.25, 0.3) is 5.91 Å². The van der Waals surface area contributed by atoms with Crippen molar-refractivity contribution >= 4 is 17.7 Å². The molecule has 0 spiro atoms. The molecule has 138 valence electrons. The maximum atomic E-state index is 12.8. The quantitative estimate of drug-likeness (QED) is 0.893. The monoisotopic (exact) mass is 371 g/mol. The summed E-state index contributed by atoms with van der Waals surface area (Å²) in [7, 11) is 0. The standard InChI is InChI=1S/C19H25N5OS/c1-26-13-14-2-4-16(5-3-14)19(25)23-9-6-15(7-10-23)18-22-21-17-12-20-8-11-24(17)18/h2-5,15,20H,6-13H2,1H3. The molecule has 3 heterocycles. The Morgan fingerprint density at radius 2 is 1.96 bits per heavy atom. The van der Waals surface area contributed by atoms with E-state index in [1.807, 2.05) is 17.0 Å². The van der Waals surface area contributed by atoms with E-state index in [2.05, 4.69) is 38.5 Å². The molecule has 7 heteroatoms. The van der Waals surface area contributed by atoms with Crippen molar-refractivity contribution in [1.82, 2.24) is 25.0 Å². The Morgan fingerprint density at radius 1 is 1.19 bits per heavy atom. The molecule has 4 rings (SSSR count). The number of aromatic nitrogens is 3. The first-order valence-electron chi connectivity index (χ1n) is 9.26. The van der Waals surface area contributed by atoms with Crippen molar-refractivity contribution in [3.05, 3.63) is 47.0 Å². The van der Waals surface area contributed by atoms with Crippen LogP contribution in [0.25, 0.3) is 0 Å². The lowest BCUT2D eigenvalue weighted by Crippen LogP contribution is -2.38. The topological polar surface area (TPSA) is 63.1 Å². The van der Waals surface area contributed by atoms with Crippen LogP contribution in [-0.4, -0.2) is 51.5 Å². The molecule has 26 heavy (non-hydrogen) atoms. The lowest BCUT2D eigenvalue weighted by molar-refractivity contribution is 0.0710. The molecule has 0 aliphatic carbocycles. The minimum Gasteiger partial charge on any atom is -0.339 e. The van der Waals surface area contributed by atoms with Gasteiger partial charge in [-0.05, 0) is 36.8 Å². The van der Waals surface area contributed by atoms with Gasteiger partial charge in [0.1, 0.15) is 11.6 Å². The molecule has 1 saturated heterocycles. The SMILES string of the molecule is CSCc1ccc(C(=O)N2CCC(c3nnc4n3CCNC4)CC2)cc1. The zero-order chi connectivity index (χ0) is 17.9. The highest BCUT2D eigenvalue weighted by atomic mass is 32.2. The number of hydrogen-bond acceptors (Lipinski definition) is 5. The van der Waals surface area contributed by atoms with Gasteiger partial charge < -0.3 is 14.8 Å². The summed E-state index contributed by atoms with van der Waals surface area (Å²) in [5.74, 6) is 3.68. The smallest absolute Gasteiger partial charge is 0.253 e. The Morgan fingerprint density at radius 3 is 2.69 bits per heavy atom.